The monoisotopic (exact) mass is 539 g/mol. The van der Waals surface area contributed by atoms with Crippen molar-refractivity contribution in [1.29, 1.82) is 0 Å². The molecule has 186 valence electrons. The second kappa shape index (κ2) is 11.4. The molecule has 1 aliphatic rings. The molecule has 5 rings (SSSR count). The lowest BCUT2D eigenvalue weighted by molar-refractivity contribution is -0.118. The summed E-state index contributed by atoms with van der Waals surface area (Å²) < 4.78 is 1.93. The summed E-state index contributed by atoms with van der Waals surface area (Å²) in [6, 6.07) is 3.75. The number of fused-ring (bicyclic) bond motifs is 3. The molecule has 4 heterocycles. The Kier molecular flexibility index (Phi) is 7.83. The van der Waals surface area contributed by atoms with Crippen molar-refractivity contribution in [2.24, 2.45) is 0 Å². The smallest absolute Gasteiger partial charge is 0.260 e. The van der Waals surface area contributed by atoms with Crippen LogP contribution >= 0.6 is 34.9 Å². The number of thioether (sulfide) groups is 2. The number of amides is 1. The van der Waals surface area contributed by atoms with Gasteiger partial charge in [-0.15, -0.1) is 28.1 Å². The third-order valence-corrected chi connectivity index (χ3v) is 8.81. The molecule has 4 aromatic rings. The molecule has 1 amide bonds. The Morgan fingerprint density at radius 2 is 2.17 bits per heavy atom. The van der Waals surface area contributed by atoms with Crippen LogP contribution in [0.4, 0.5) is 0 Å². The molecule has 0 saturated heterocycles. The number of carbonyl (C=O) groups is 1. The number of hydrogen-bond donors (Lipinski definition) is 2. The lowest BCUT2D eigenvalue weighted by Gasteiger charge is -2.09. The van der Waals surface area contributed by atoms with Crippen LogP contribution < -0.4 is 10.9 Å². The first-order valence-electron chi connectivity index (χ1n) is 11.6. The minimum atomic E-state index is -0.0957. The number of pyridine rings is 1. The Labute approximate surface area is 220 Å². The number of allylic oxidation sites excluding steroid dienone is 1. The molecule has 0 spiro atoms. The molecule has 36 heavy (non-hydrogen) atoms. The summed E-state index contributed by atoms with van der Waals surface area (Å²) in [5.41, 5.74) is 2.06. The Bertz CT molecular complexity index is 1450. The third kappa shape index (κ3) is 5.55. The van der Waals surface area contributed by atoms with Crippen molar-refractivity contribution in [3.8, 4) is 0 Å². The van der Waals surface area contributed by atoms with Gasteiger partial charge in [-0.2, -0.15) is 0 Å². The molecule has 0 fully saturated rings. The van der Waals surface area contributed by atoms with Crippen LogP contribution in [0.15, 0.2) is 52.3 Å². The first kappa shape index (κ1) is 24.7. The van der Waals surface area contributed by atoms with Gasteiger partial charge in [0.15, 0.2) is 10.3 Å². The molecule has 0 atom stereocenters. The van der Waals surface area contributed by atoms with E-state index in [0.29, 0.717) is 29.2 Å². The first-order valence-corrected chi connectivity index (χ1v) is 14.4. The summed E-state index contributed by atoms with van der Waals surface area (Å²) >= 11 is 4.39. The molecule has 0 radical (unpaired) electrons. The second-order valence-corrected chi connectivity index (χ2v) is 11.3. The number of nitrogens with one attached hydrogen (secondary N) is 2. The molecule has 0 aromatic carbocycles. The van der Waals surface area contributed by atoms with Gasteiger partial charge in [0, 0.05) is 30.4 Å². The molecule has 12 heteroatoms. The van der Waals surface area contributed by atoms with E-state index in [4.69, 9.17) is 4.98 Å². The fourth-order valence-electron chi connectivity index (χ4n) is 4.07. The van der Waals surface area contributed by atoms with E-state index in [1.807, 2.05) is 16.7 Å². The zero-order valence-corrected chi connectivity index (χ0v) is 22.0. The topological polar surface area (TPSA) is 118 Å². The van der Waals surface area contributed by atoms with E-state index in [9.17, 15) is 9.59 Å². The number of aromatic nitrogens is 6. The highest BCUT2D eigenvalue weighted by molar-refractivity contribution is 7.99. The highest BCUT2D eigenvalue weighted by Gasteiger charge is 2.20. The van der Waals surface area contributed by atoms with Crippen LogP contribution in [-0.4, -0.2) is 41.4 Å². The number of thiophene rings is 1. The van der Waals surface area contributed by atoms with E-state index in [2.05, 4.69) is 32.1 Å². The quantitative estimate of drug-likeness (QED) is 0.178. The average molecular weight is 540 g/mol. The fraction of sp³-hybridized carbons (Fsp3) is 0.333. The van der Waals surface area contributed by atoms with Crippen LogP contribution in [-0.2, 0) is 36.5 Å². The summed E-state index contributed by atoms with van der Waals surface area (Å²) in [4.78, 5) is 39.0. The Morgan fingerprint density at radius 1 is 1.28 bits per heavy atom. The van der Waals surface area contributed by atoms with Crippen molar-refractivity contribution < 1.29 is 4.79 Å². The largest absolute Gasteiger partial charge is 0.351 e. The van der Waals surface area contributed by atoms with E-state index in [0.717, 1.165) is 40.9 Å². The molecule has 1 aliphatic carbocycles. The van der Waals surface area contributed by atoms with Crippen LogP contribution in [0, 0.1) is 0 Å². The van der Waals surface area contributed by atoms with Gasteiger partial charge < -0.3 is 14.9 Å². The number of aryl methyl sites for hydroxylation is 2. The van der Waals surface area contributed by atoms with Gasteiger partial charge >= 0.3 is 0 Å². The summed E-state index contributed by atoms with van der Waals surface area (Å²) in [6.45, 7) is 4.78. The maximum absolute atomic E-state index is 12.8. The van der Waals surface area contributed by atoms with Gasteiger partial charge in [-0.05, 0) is 42.9 Å². The molecule has 4 aromatic heterocycles. The molecule has 9 nitrogen and oxygen atoms in total. The molecular formula is C24H25N7O2S3. The van der Waals surface area contributed by atoms with Crippen molar-refractivity contribution in [2.45, 2.75) is 54.8 Å². The fourth-order valence-corrected chi connectivity index (χ4v) is 6.99. The highest BCUT2D eigenvalue weighted by atomic mass is 32.2. The lowest BCUT2D eigenvalue weighted by atomic mass is 9.97. The Balaban J connectivity index is 1.23. The van der Waals surface area contributed by atoms with Crippen molar-refractivity contribution in [1.82, 2.24) is 35.0 Å². The number of rotatable bonds is 10. The maximum Gasteiger partial charge on any atom is 0.260 e. The highest BCUT2D eigenvalue weighted by Crippen LogP contribution is 2.34. The number of H-pyrrole nitrogens is 1. The minimum absolute atomic E-state index is 0.0667. The SMILES string of the molecule is C=CCn1c(CSc2nc3sc4c(c3c(=O)[nH]2)CCCC4)nnc1SCC(=O)NCc1cccnc1. The predicted molar refractivity (Wildman–Crippen MR) is 143 cm³/mol. The van der Waals surface area contributed by atoms with E-state index in [1.54, 1.807) is 29.8 Å². The number of carbonyl (C=O) groups excluding carboxylic acids is 1. The van der Waals surface area contributed by atoms with Crippen LogP contribution in [0.5, 0.6) is 0 Å². The van der Waals surface area contributed by atoms with Crippen molar-refractivity contribution in [3.63, 3.8) is 0 Å². The van der Waals surface area contributed by atoms with Gasteiger partial charge in [-0.3, -0.25) is 14.6 Å². The normalized spacial score (nSPS) is 13.0. The van der Waals surface area contributed by atoms with Crippen LogP contribution in [0.3, 0.4) is 0 Å². The van der Waals surface area contributed by atoms with Crippen molar-refractivity contribution >= 4 is 51.0 Å². The molecular weight excluding hydrogens is 515 g/mol. The predicted octanol–water partition coefficient (Wildman–Crippen LogP) is 3.74. The van der Waals surface area contributed by atoms with Crippen LogP contribution in [0.2, 0.25) is 0 Å². The third-order valence-electron chi connectivity index (χ3n) is 5.79. The summed E-state index contributed by atoms with van der Waals surface area (Å²) in [6.07, 6.45) is 9.48. The van der Waals surface area contributed by atoms with Gasteiger partial charge in [0.1, 0.15) is 10.7 Å². The van der Waals surface area contributed by atoms with Gasteiger partial charge in [0.25, 0.3) is 5.56 Å². The van der Waals surface area contributed by atoms with E-state index in [-0.39, 0.29) is 17.2 Å². The number of aromatic amines is 1. The average Bonchev–Trinajstić information content (AvgIpc) is 3.46. The molecule has 0 aliphatic heterocycles. The van der Waals surface area contributed by atoms with E-state index in [1.165, 1.54) is 40.4 Å². The zero-order valence-electron chi connectivity index (χ0n) is 19.5. The standard InChI is InChI=1S/C24H25N7O2S3/c1-2-10-31-18(29-30-24(31)35-14-19(32)26-12-15-6-5-9-25-11-15)13-34-23-27-21(33)20-16-7-3-4-8-17(16)36-22(20)28-23/h2,5-6,9,11H,1,3-4,7-8,10,12-14H2,(H,26,32)(H,27,28,33). The van der Waals surface area contributed by atoms with Crippen LogP contribution in [0.25, 0.3) is 10.2 Å². The summed E-state index contributed by atoms with van der Waals surface area (Å²) in [7, 11) is 0. The lowest BCUT2D eigenvalue weighted by Crippen LogP contribution is -2.24. The summed E-state index contributed by atoms with van der Waals surface area (Å²) in [5, 5.41) is 13.5. The van der Waals surface area contributed by atoms with Gasteiger partial charge in [0.05, 0.1) is 16.9 Å². The Hall–Kier alpha value is -2.96. The molecule has 0 unspecified atom stereocenters. The molecule has 0 saturated carbocycles. The number of hydrogen-bond acceptors (Lipinski definition) is 9. The van der Waals surface area contributed by atoms with E-state index >= 15 is 0 Å². The van der Waals surface area contributed by atoms with Gasteiger partial charge in [0.2, 0.25) is 5.91 Å². The van der Waals surface area contributed by atoms with Gasteiger partial charge in [-0.25, -0.2) is 4.98 Å². The zero-order chi connectivity index (χ0) is 24.9. The Morgan fingerprint density at radius 3 is 3.00 bits per heavy atom. The van der Waals surface area contributed by atoms with Crippen LogP contribution in [0.1, 0.15) is 34.7 Å². The number of nitrogens with zero attached hydrogens (tertiary/aromatic N) is 5. The first-order chi connectivity index (χ1) is 17.6. The molecule has 0 bridgehead atoms. The summed E-state index contributed by atoms with van der Waals surface area (Å²) in [5.74, 6) is 1.33. The van der Waals surface area contributed by atoms with Gasteiger partial charge in [-0.1, -0.05) is 35.7 Å². The van der Waals surface area contributed by atoms with Crippen molar-refractivity contribution in [2.75, 3.05) is 5.75 Å². The second-order valence-electron chi connectivity index (χ2n) is 8.28. The minimum Gasteiger partial charge on any atom is -0.351 e. The molecule has 2 N–H and O–H groups in total. The van der Waals surface area contributed by atoms with E-state index < -0.39 is 0 Å². The maximum atomic E-state index is 12.8. The van der Waals surface area contributed by atoms with Crippen molar-refractivity contribution in [3.05, 3.63) is 69.4 Å².